The molecular weight excluding hydrogens is 240 g/mol. The number of amides is 1. The minimum atomic E-state index is -0.0819. The van der Waals surface area contributed by atoms with Gasteiger partial charge in [0.25, 0.3) is 0 Å². The van der Waals surface area contributed by atoms with Gasteiger partial charge in [-0.1, -0.05) is 36.4 Å². The van der Waals surface area contributed by atoms with Gasteiger partial charge in [0.15, 0.2) is 0 Å². The molecule has 0 unspecified atom stereocenters. The molecule has 1 amide bonds. The highest BCUT2D eigenvalue weighted by atomic mass is 16.5. The fraction of sp³-hybridized carbons (Fsp3) is 0.267. The van der Waals surface area contributed by atoms with E-state index >= 15 is 0 Å². The molecule has 0 spiro atoms. The summed E-state index contributed by atoms with van der Waals surface area (Å²) in [6.07, 6.45) is 1.06. The number of fused-ring (bicyclic) bond motifs is 1. The monoisotopic (exact) mass is 258 g/mol. The molecule has 0 fully saturated rings. The average Bonchev–Trinajstić information content (AvgIpc) is 2.43. The number of benzene rings is 2. The topological polar surface area (TPSA) is 55.6 Å². The van der Waals surface area contributed by atoms with Gasteiger partial charge >= 0.3 is 0 Å². The van der Waals surface area contributed by atoms with Crippen molar-refractivity contribution in [3.63, 3.8) is 0 Å². The SMILES string of the molecule is CN(N)C(=O)CCCOc1cccc2ccccc12. The summed E-state index contributed by atoms with van der Waals surface area (Å²) in [7, 11) is 1.55. The molecule has 0 aliphatic heterocycles. The van der Waals surface area contributed by atoms with Gasteiger partial charge in [0.05, 0.1) is 6.61 Å². The largest absolute Gasteiger partial charge is 0.493 e. The summed E-state index contributed by atoms with van der Waals surface area (Å²) in [5.41, 5.74) is 0. The molecule has 100 valence electrons. The van der Waals surface area contributed by atoms with Crippen LogP contribution in [-0.4, -0.2) is 24.6 Å². The smallest absolute Gasteiger partial charge is 0.236 e. The summed E-state index contributed by atoms with van der Waals surface area (Å²) in [5.74, 6) is 6.12. The third-order valence-corrected chi connectivity index (χ3v) is 2.94. The van der Waals surface area contributed by atoms with Gasteiger partial charge in [0.1, 0.15) is 5.75 Å². The highest BCUT2D eigenvalue weighted by Crippen LogP contribution is 2.25. The second-order valence-corrected chi connectivity index (χ2v) is 4.43. The lowest BCUT2D eigenvalue weighted by Gasteiger charge is -2.11. The van der Waals surface area contributed by atoms with Gasteiger partial charge in [0.2, 0.25) is 5.91 Å². The molecule has 0 heterocycles. The summed E-state index contributed by atoms with van der Waals surface area (Å²) in [6.45, 7) is 0.508. The summed E-state index contributed by atoms with van der Waals surface area (Å²) < 4.78 is 5.74. The maximum atomic E-state index is 11.3. The lowest BCUT2D eigenvalue weighted by molar-refractivity contribution is -0.130. The highest BCUT2D eigenvalue weighted by molar-refractivity contribution is 5.88. The molecule has 0 saturated carbocycles. The Morgan fingerprint density at radius 1 is 1.21 bits per heavy atom. The number of hydrogen-bond acceptors (Lipinski definition) is 3. The normalized spacial score (nSPS) is 10.4. The van der Waals surface area contributed by atoms with E-state index < -0.39 is 0 Å². The van der Waals surface area contributed by atoms with Crippen molar-refractivity contribution < 1.29 is 9.53 Å². The number of rotatable bonds is 5. The lowest BCUT2D eigenvalue weighted by Crippen LogP contribution is -2.33. The molecule has 2 rings (SSSR count). The van der Waals surface area contributed by atoms with Crippen LogP contribution in [0.3, 0.4) is 0 Å². The van der Waals surface area contributed by atoms with E-state index in [9.17, 15) is 4.79 Å². The first-order chi connectivity index (χ1) is 9.18. The number of hydrogen-bond donors (Lipinski definition) is 1. The number of carbonyl (C=O) groups excluding carboxylic acids is 1. The van der Waals surface area contributed by atoms with Gasteiger partial charge in [-0.25, -0.2) is 5.84 Å². The van der Waals surface area contributed by atoms with Crippen LogP contribution >= 0.6 is 0 Å². The summed E-state index contributed by atoms with van der Waals surface area (Å²) in [4.78, 5) is 11.3. The van der Waals surface area contributed by atoms with Crippen LogP contribution in [0.4, 0.5) is 0 Å². The fourth-order valence-corrected chi connectivity index (χ4v) is 1.90. The van der Waals surface area contributed by atoms with Gasteiger partial charge in [-0.15, -0.1) is 0 Å². The number of nitrogens with two attached hydrogens (primary N) is 1. The first-order valence-electron chi connectivity index (χ1n) is 6.30. The molecule has 4 heteroatoms. The van der Waals surface area contributed by atoms with Gasteiger partial charge in [0, 0.05) is 18.9 Å². The molecule has 4 nitrogen and oxygen atoms in total. The maximum Gasteiger partial charge on any atom is 0.236 e. The van der Waals surface area contributed by atoms with E-state index in [1.54, 1.807) is 7.05 Å². The molecule has 2 aromatic carbocycles. The second-order valence-electron chi connectivity index (χ2n) is 4.43. The molecule has 2 N–H and O–H groups in total. The number of ether oxygens (including phenoxy) is 1. The van der Waals surface area contributed by atoms with Crippen LogP contribution in [0.25, 0.3) is 10.8 Å². The molecule has 19 heavy (non-hydrogen) atoms. The van der Waals surface area contributed by atoms with Crippen LogP contribution in [0.15, 0.2) is 42.5 Å². The van der Waals surface area contributed by atoms with Crippen LogP contribution in [-0.2, 0) is 4.79 Å². The van der Waals surface area contributed by atoms with Gasteiger partial charge < -0.3 is 4.74 Å². The first-order valence-corrected chi connectivity index (χ1v) is 6.30. The Morgan fingerprint density at radius 2 is 1.95 bits per heavy atom. The second kappa shape index (κ2) is 6.20. The standard InChI is InChI=1S/C15H18N2O2/c1-17(16)15(18)10-5-11-19-14-9-4-7-12-6-2-3-8-13(12)14/h2-4,6-9H,5,10-11,16H2,1H3. The van der Waals surface area contributed by atoms with Crippen molar-refractivity contribution in [1.82, 2.24) is 5.01 Å². The van der Waals surface area contributed by atoms with Crippen LogP contribution in [0.2, 0.25) is 0 Å². The predicted molar refractivity (Wildman–Crippen MR) is 75.6 cm³/mol. The molecule has 0 aliphatic rings. The van der Waals surface area contributed by atoms with Gasteiger partial charge in [-0.3, -0.25) is 9.80 Å². The quantitative estimate of drug-likeness (QED) is 0.387. The Hall–Kier alpha value is -2.07. The van der Waals surface area contributed by atoms with Crippen molar-refractivity contribution in [2.45, 2.75) is 12.8 Å². The van der Waals surface area contributed by atoms with E-state index in [2.05, 4.69) is 12.1 Å². The third-order valence-electron chi connectivity index (χ3n) is 2.94. The molecule has 0 aromatic heterocycles. The Balaban J connectivity index is 1.93. The molecule has 0 aliphatic carbocycles. The van der Waals surface area contributed by atoms with Crippen LogP contribution < -0.4 is 10.6 Å². The minimum absolute atomic E-state index is 0.0819. The maximum absolute atomic E-state index is 11.3. The van der Waals surface area contributed by atoms with Crippen LogP contribution in [0.1, 0.15) is 12.8 Å². The number of nitrogens with zero attached hydrogens (tertiary/aromatic N) is 1. The van der Waals surface area contributed by atoms with Crippen molar-refractivity contribution in [1.29, 1.82) is 0 Å². The summed E-state index contributed by atoms with van der Waals surface area (Å²) in [6, 6.07) is 14.0. The zero-order valence-electron chi connectivity index (χ0n) is 11.0. The Morgan fingerprint density at radius 3 is 2.74 bits per heavy atom. The van der Waals surface area contributed by atoms with Crippen LogP contribution in [0, 0.1) is 0 Å². The molecule has 2 aromatic rings. The zero-order chi connectivity index (χ0) is 13.7. The van der Waals surface area contributed by atoms with E-state index in [1.165, 1.54) is 0 Å². The zero-order valence-corrected chi connectivity index (χ0v) is 11.0. The van der Waals surface area contributed by atoms with E-state index in [-0.39, 0.29) is 5.91 Å². The van der Waals surface area contributed by atoms with Crippen molar-refractivity contribution in [3.05, 3.63) is 42.5 Å². The summed E-state index contributed by atoms with van der Waals surface area (Å²) >= 11 is 0. The highest BCUT2D eigenvalue weighted by Gasteiger charge is 2.05. The molecule has 0 radical (unpaired) electrons. The van der Waals surface area contributed by atoms with Crippen molar-refractivity contribution in [2.24, 2.45) is 5.84 Å². The van der Waals surface area contributed by atoms with Crippen molar-refractivity contribution in [2.75, 3.05) is 13.7 Å². The van der Waals surface area contributed by atoms with Crippen molar-refractivity contribution in [3.8, 4) is 5.75 Å². The number of hydrazine groups is 1. The lowest BCUT2D eigenvalue weighted by atomic mass is 10.1. The molecule has 0 atom stereocenters. The average molecular weight is 258 g/mol. The summed E-state index contributed by atoms with van der Waals surface area (Å²) in [5, 5.41) is 3.35. The predicted octanol–water partition coefficient (Wildman–Crippen LogP) is 2.33. The molecule has 0 bridgehead atoms. The Labute approximate surface area is 112 Å². The van der Waals surface area contributed by atoms with Gasteiger partial charge in [-0.2, -0.15) is 0 Å². The third kappa shape index (κ3) is 3.45. The molecular formula is C15H18N2O2. The van der Waals surface area contributed by atoms with E-state index in [0.29, 0.717) is 19.4 Å². The minimum Gasteiger partial charge on any atom is -0.493 e. The fourth-order valence-electron chi connectivity index (χ4n) is 1.90. The Bertz CT molecular complexity index is 562. The van der Waals surface area contributed by atoms with E-state index in [4.69, 9.17) is 10.6 Å². The van der Waals surface area contributed by atoms with E-state index in [1.807, 2.05) is 30.3 Å². The first kappa shape index (κ1) is 13.4. The van der Waals surface area contributed by atoms with Gasteiger partial charge in [-0.05, 0) is 17.9 Å². The van der Waals surface area contributed by atoms with Crippen LogP contribution in [0.5, 0.6) is 5.75 Å². The molecule has 0 saturated heterocycles. The number of carbonyl (C=O) groups is 1. The Kier molecular flexibility index (Phi) is 4.36. The van der Waals surface area contributed by atoms with Crippen molar-refractivity contribution >= 4 is 16.7 Å². The van der Waals surface area contributed by atoms with E-state index in [0.717, 1.165) is 21.5 Å².